The Bertz CT molecular complexity index is 608. The standard InChI is InChI=1S/C12H16N2O5S/c1-18-11(15)12(4-7-19-8-5-12)10-13-6-3-9(14-10)20(2,16)17/h3,6H,4-5,7-8H2,1-2H3. The topological polar surface area (TPSA) is 95.5 Å². The highest BCUT2D eigenvalue weighted by molar-refractivity contribution is 7.90. The van der Waals surface area contributed by atoms with Crippen LogP contribution in [0.1, 0.15) is 18.7 Å². The average Bonchev–Trinajstić information content (AvgIpc) is 2.46. The van der Waals surface area contributed by atoms with Crippen molar-refractivity contribution in [3.8, 4) is 0 Å². The zero-order valence-electron chi connectivity index (χ0n) is 11.3. The lowest BCUT2D eigenvalue weighted by Crippen LogP contribution is -2.43. The quantitative estimate of drug-likeness (QED) is 0.577. The number of carbonyl (C=O) groups excluding carboxylic acids is 1. The summed E-state index contributed by atoms with van der Waals surface area (Å²) in [5, 5.41) is -0.0998. The highest BCUT2D eigenvalue weighted by Gasteiger charge is 2.45. The van der Waals surface area contributed by atoms with E-state index in [1.54, 1.807) is 0 Å². The largest absolute Gasteiger partial charge is 0.468 e. The van der Waals surface area contributed by atoms with E-state index in [4.69, 9.17) is 9.47 Å². The minimum atomic E-state index is -3.46. The summed E-state index contributed by atoms with van der Waals surface area (Å²) in [4.78, 5) is 20.3. The molecule has 0 bridgehead atoms. The molecule has 0 amide bonds. The van der Waals surface area contributed by atoms with Gasteiger partial charge in [-0.2, -0.15) is 0 Å². The summed E-state index contributed by atoms with van der Waals surface area (Å²) in [6, 6.07) is 1.31. The van der Waals surface area contributed by atoms with Gasteiger partial charge >= 0.3 is 5.97 Å². The zero-order chi connectivity index (χ0) is 14.8. The van der Waals surface area contributed by atoms with Crippen LogP contribution in [0.3, 0.4) is 0 Å². The van der Waals surface area contributed by atoms with E-state index in [0.29, 0.717) is 26.1 Å². The van der Waals surface area contributed by atoms with E-state index in [-0.39, 0.29) is 10.9 Å². The molecule has 8 heteroatoms. The van der Waals surface area contributed by atoms with Crippen LogP contribution < -0.4 is 0 Å². The number of ether oxygens (including phenoxy) is 2. The molecule has 1 fully saturated rings. The van der Waals surface area contributed by atoms with E-state index in [0.717, 1.165) is 6.26 Å². The lowest BCUT2D eigenvalue weighted by Gasteiger charge is -2.32. The molecular weight excluding hydrogens is 284 g/mol. The average molecular weight is 300 g/mol. The van der Waals surface area contributed by atoms with Crippen LogP contribution in [-0.2, 0) is 29.5 Å². The molecule has 1 aromatic heterocycles. The zero-order valence-corrected chi connectivity index (χ0v) is 12.1. The Morgan fingerprint density at radius 3 is 2.60 bits per heavy atom. The summed E-state index contributed by atoms with van der Waals surface area (Å²) in [6.45, 7) is 0.753. The van der Waals surface area contributed by atoms with Gasteiger partial charge in [-0.05, 0) is 18.9 Å². The summed E-state index contributed by atoms with van der Waals surface area (Å²) in [5.41, 5.74) is -1.03. The van der Waals surface area contributed by atoms with Gasteiger partial charge in [-0.25, -0.2) is 18.4 Å². The number of rotatable bonds is 3. The maximum atomic E-state index is 12.1. The smallest absolute Gasteiger partial charge is 0.319 e. The Hall–Kier alpha value is -1.54. The van der Waals surface area contributed by atoms with Gasteiger partial charge in [-0.15, -0.1) is 0 Å². The van der Waals surface area contributed by atoms with Gasteiger partial charge in [-0.3, -0.25) is 4.79 Å². The van der Waals surface area contributed by atoms with Crippen molar-refractivity contribution in [2.75, 3.05) is 26.6 Å². The van der Waals surface area contributed by atoms with E-state index < -0.39 is 21.2 Å². The Balaban J connectivity index is 2.52. The van der Waals surface area contributed by atoms with E-state index in [1.165, 1.54) is 19.4 Å². The van der Waals surface area contributed by atoms with Crippen molar-refractivity contribution in [1.29, 1.82) is 0 Å². The van der Waals surface area contributed by atoms with Crippen LogP contribution >= 0.6 is 0 Å². The molecule has 1 aliphatic heterocycles. The van der Waals surface area contributed by atoms with Crippen LogP contribution in [0.2, 0.25) is 0 Å². The van der Waals surface area contributed by atoms with Gasteiger partial charge in [0, 0.05) is 25.7 Å². The van der Waals surface area contributed by atoms with Crippen LogP contribution in [-0.4, -0.2) is 50.9 Å². The molecule has 1 saturated heterocycles. The molecule has 1 aliphatic rings. The molecular formula is C12H16N2O5S. The van der Waals surface area contributed by atoms with Crippen molar-refractivity contribution in [2.45, 2.75) is 23.3 Å². The van der Waals surface area contributed by atoms with Gasteiger partial charge in [0.1, 0.15) is 11.2 Å². The van der Waals surface area contributed by atoms with E-state index in [1.807, 2.05) is 0 Å². The molecule has 110 valence electrons. The van der Waals surface area contributed by atoms with Crippen LogP contribution in [0.4, 0.5) is 0 Å². The van der Waals surface area contributed by atoms with Gasteiger partial charge in [-0.1, -0.05) is 0 Å². The number of carbonyl (C=O) groups is 1. The van der Waals surface area contributed by atoms with Gasteiger partial charge in [0.05, 0.1) is 7.11 Å². The third-order valence-corrected chi connectivity index (χ3v) is 4.35. The van der Waals surface area contributed by atoms with Crippen LogP contribution in [0.5, 0.6) is 0 Å². The molecule has 0 atom stereocenters. The Morgan fingerprint density at radius 1 is 1.40 bits per heavy atom. The van der Waals surface area contributed by atoms with Crippen LogP contribution in [0.15, 0.2) is 17.3 Å². The number of sulfone groups is 1. The number of hydrogen-bond donors (Lipinski definition) is 0. The summed E-state index contributed by atoms with van der Waals surface area (Å²) >= 11 is 0. The van der Waals surface area contributed by atoms with Crippen molar-refractivity contribution in [3.63, 3.8) is 0 Å². The van der Waals surface area contributed by atoms with E-state index >= 15 is 0 Å². The summed E-state index contributed by atoms with van der Waals surface area (Å²) in [7, 11) is -2.17. The van der Waals surface area contributed by atoms with Crippen LogP contribution in [0.25, 0.3) is 0 Å². The Morgan fingerprint density at radius 2 is 2.05 bits per heavy atom. The predicted octanol–water partition coefficient (Wildman–Crippen LogP) is 0.101. The molecule has 20 heavy (non-hydrogen) atoms. The summed E-state index contributed by atoms with van der Waals surface area (Å²) < 4.78 is 33.3. The number of hydrogen-bond acceptors (Lipinski definition) is 7. The van der Waals surface area contributed by atoms with Crippen molar-refractivity contribution >= 4 is 15.8 Å². The number of aromatic nitrogens is 2. The normalized spacial score (nSPS) is 18.5. The molecule has 0 spiro atoms. The second-order valence-corrected chi connectivity index (χ2v) is 6.64. The fraction of sp³-hybridized carbons (Fsp3) is 0.583. The molecule has 7 nitrogen and oxygen atoms in total. The first-order chi connectivity index (χ1) is 9.40. The Labute approximate surface area is 117 Å². The number of nitrogens with zero attached hydrogens (tertiary/aromatic N) is 2. The molecule has 0 unspecified atom stereocenters. The van der Waals surface area contributed by atoms with Gasteiger partial charge in [0.2, 0.25) is 0 Å². The van der Waals surface area contributed by atoms with E-state index in [9.17, 15) is 13.2 Å². The summed E-state index contributed by atoms with van der Waals surface area (Å²) in [5.74, 6) is -0.290. The highest BCUT2D eigenvalue weighted by atomic mass is 32.2. The van der Waals surface area contributed by atoms with Gasteiger partial charge in [0.15, 0.2) is 14.9 Å². The SMILES string of the molecule is COC(=O)C1(c2nccc(S(C)(=O)=O)n2)CCOCC1. The van der Waals surface area contributed by atoms with E-state index in [2.05, 4.69) is 9.97 Å². The Kier molecular flexibility index (Phi) is 4.05. The lowest BCUT2D eigenvalue weighted by atomic mass is 9.79. The second kappa shape index (κ2) is 5.45. The van der Waals surface area contributed by atoms with Crippen molar-refractivity contribution in [2.24, 2.45) is 0 Å². The fourth-order valence-corrected chi connectivity index (χ4v) is 2.77. The maximum absolute atomic E-state index is 12.1. The summed E-state index contributed by atoms with van der Waals surface area (Å²) in [6.07, 6.45) is 3.15. The second-order valence-electron chi connectivity index (χ2n) is 4.68. The minimum Gasteiger partial charge on any atom is -0.468 e. The maximum Gasteiger partial charge on any atom is 0.319 e. The number of esters is 1. The molecule has 0 N–H and O–H groups in total. The molecule has 2 rings (SSSR count). The first kappa shape index (κ1) is 14.9. The van der Waals surface area contributed by atoms with Gasteiger partial charge < -0.3 is 9.47 Å². The third kappa shape index (κ3) is 2.66. The molecule has 0 aromatic carbocycles. The van der Waals surface area contributed by atoms with Gasteiger partial charge in [0.25, 0.3) is 0 Å². The lowest BCUT2D eigenvalue weighted by molar-refractivity contribution is -0.152. The minimum absolute atomic E-state index is 0.0998. The highest BCUT2D eigenvalue weighted by Crippen LogP contribution is 2.34. The van der Waals surface area contributed by atoms with Crippen molar-refractivity contribution in [1.82, 2.24) is 9.97 Å². The fourth-order valence-electron chi connectivity index (χ4n) is 2.21. The molecule has 1 aromatic rings. The monoisotopic (exact) mass is 300 g/mol. The third-order valence-electron chi connectivity index (χ3n) is 3.36. The predicted molar refractivity (Wildman–Crippen MR) is 68.9 cm³/mol. The molecule has 2 heterocycles. The molecule has 0 radical (unpaired) electrons. The van der Waals surface area contributed by atoms with Crippen LogP contribution in [0, 0.1) is 0 Å². The number of methoxy groups -OCH3 is 1. The first-order valence-corrected chi connectivity index (χ1v) is 7.99. The van der Waals surface area contributed by atoms with Crippen molar-refractivity contribution < 1.29 is 22.7 Å². The first-order valence-electron chi connectivity index (χ1n) is 6.10. The molecule has 0 saturated carbocycles. The molecule has 0 aliphatic carbocycles. The van der Waals surface area contributed by atoms with Crippen molar-refractivity contribution in [3.05, 3.63) is 18.1 Å².